The molecule has 3 saturated heterocycles. The molecule has 3 fully saturated rings. The summed E-state index contributed by atoms with van der Waals surface area (Å²) < 4.78 is 1.85. The second-order valence-corrected chi connectivity index (χ2v) is 7.85. The van der Waals surface area contributed by atoms with Gasteiger partial charge in [-0.05, 0) is 57.7 Å². The van der Waals surface area contributed by atoms with Crippen LogP contribution < -0.4 is 5.32 Å². The van der Waals surface area contributed by atoms with E-state index in [0.717, 1.165) is 71.2 Å². The highest BCUT2D eigenvalue weighted by Gasteiger charge is 2.46. The number of aromatic nitrogens is 2. The Kier molecular flexibility index (Phi) is 4.98. The van der Waals surface area contributed by atoms with Crippen LogP contribution in [0.5, 0.6) is 0 Å². The molecule has 0 aliphatic carbocycles. The van der Waals surface area contributed by atoms with Crippen molar-refractivity contribution in [1.82, 2.24) is 24.9 Å². The Bertz CT molecular complexity index is 632. The van der Waals surface area contributed by atoms with Crippen LogP contribution in [0.15, 0.2) is 18.5 Å². The molecule has 4 heterocycles. The van der Waals surface area contributed by atoms with E-state index in [1.165, 1.54) is 0 Å². The molecule has 0 spiro atoms. The van der Waals surface area contributed by atoms with Crippen LogP contribution >= 0.6 is 0 Å². The third-order valence-electron chi connectivity index (χ3n) is 6.25. The number of piperidine rings is 2. The van der Waals surface area contributed by atoms with Crippen LogP contribution in [0.3, 0.4) is 0 Å². The first kappa shape index (κ1) is 17.5. The molecule has 0 radical (unpaired) electrons. The van der Waals surface area contributed by atoms with Gasteiger partial charge in [0.05, 0.1) is 5.92 Å². The van der Waals surface area contributed by atoms with Crippen molar-refractivity contribution in [2.24, 2.45) is 5.92 Å². The number of hydrogen-bond donors (Lipinski definition) is 1. The minimum Gasteiger partial charge on any atom is -0.342 e. The van der Waals surface area contributed by atoms with E-state index in [0.29, 0.717) is 6.54 Å². The van der Waals surface area contributed by atoms with Gasteiger partial charge in [-0.3, -0.25) is 14.3 Å². The topological polar surface area (TPSA) is 70.5 Å². The predicted molar refractivity (Wildman–Crippen MR) is 97.4 cm³/mol. The number of nitrogens with zero attached hydrogens (tertiary/aromatic N) is 4. The van der Waals surface area contributed by atoms with Gasteiger partial charge in [0.15, 0.2) is 0 Å². The number of amides is 2. The lowest BCUT2D eigenvalue weighted by Crippen LogP contribution is -2.58. The average molecular weight is 359 g/mol. The second-order valence-electron chi connectivity index (χ2n) is 7.85. The average Bonchev–Trinajstić information content (AvgIpc) is 3.41. The van der Waals surface area contributed by atoms with Crippen LogP contribution in [0, 0.1) is 5.92 Å². The Labute approximate surface area is 154 Å². The second kappa shape index (κ2) is 7.39. The lowest BCUT2D eigenvalue weighted by atomic mass is 9.85. The number of hydrogen-bond acceptors (Lipinski definition) is 4. The van der Waals surface area contributed by atoms with E-state index in [2.05, 4.69) is 10.4 Å². The van der Waals surface area contributed by atoms with E-state index >= 15 is 0 Å². The van der Waals surface area contributed by atoms with Gasteiger partial charge in [-0.25, -0.2) is 0 Å². The summed E-state index contributed by atoms with van der Waals surface area (Å²) in [4.78, 5) is 30.3. The van der Waals surface area contributed by atoms with Gasteiger partial charge in [0.2, 0.25) is 5.91 Å². The summed E-state index contributed by atoms with van der Waals surface area (Å²) in [7, 11) is 0. The smallest absolute Gasteiger partial charge is 0.250 e. The lowest BCUT2D eigenvalue weighted by Gasteiger charge is -2.42. The lowest BCUT2D eigenvalue weighted by molar-refractivity contribution is -0.147. The monoisotopic (exact) mass is 359 g/mol. The summed E-state index contributed by atoms with van der Waals surface area (Å²) >= 11 is 0. The first-order valence-electron chi connectivity index (χ1n) is 10.00. The van der Waals surface area contributed by atoms with Crippen molar-refractivity contribution in [1.29, 1.82) is 0 Å². The molecule has 142 valence electrons. The van der Waals surface area contributed by atoms with Gasteiger partial charge in [-0.2, -0.15) is 5.10 Å². The highest BCUT2D eigenvalue weighted by atomic mass is 16.2. The first-order valence-corrected chi connectivity index (χ1v) is 10.00. The maximum absolute atomic E-state index is 13.6. The summed E-state index contributed by atoms with van der Waals surface area (Å²) in [6.45, 7) is 4.70. The molecule has 26 heavy (non-hydrogen) atoms. The summed E-state index contributed by atoms with van der Waals surface area (Å²) in [5, 5.41) is 7.76. The van der Waals surface area contributed by atoms with Gasteiger partial charge < -0.3 is 15.1 Å². The molecular weight excluding hydrogens is 330 g/mol. The third kappa shape index (κ3) is 3.13. The van der Waals surface area contributed by atoms with Gasteiger partial charge in [-0.15, -0.1) is 0 Å². The standard InChI is InChI=1S/C19H29N5O2/c25-17(22-11-1-2-12-22)16-5-3-13-23(15-16)18(26)19(6-9-20-10-7-19)24-14-4-8-21-24/h4,8,14,16,20H,1-3,5-7,9-13,15H2. The Balaban J connectivity index is 1.51. The fourth-order valence-corrected chi connectivity index (χ4v) is 4.76. The molecule has 1 N–H and O–H groups in total. The number of nitrogens with one attached hydrogen (secondary N) is 1. The molecule has 4 rings (SSSR count). The quantitative estimate of drug-likeness (QED) is 0.868. The molecule has 1 aromatic heterocycles. The summed E-state index contributed by atoms with van der Waals surface area (Å²) in [5.74, 6) is 0.349. The number of likely N-dealkylation sites (tertiary alicyclic amines) is 2. The van der Waals surface area contributed by atoms with E-state index in [-0.39, 0.29) is 17.7 Å². The van der Waals surface area contributed by atoms with Crippen LogP contribution in [0.2, 0.25) is 0 Å². The van der Waals surface area contributed by atoms with Gasteiger partial charge >= 0.3 is 0 Å². The molecule has 0 saturated carbocycles. The summed E-state index contributed by atoms with van der Waals surface area (Å²) in [5.41, 5.74) is -0.604. The Morgan fingerprint density at radius 2 is 1.77 bits per heavy atom. The van der Waals surface area contributed by atoms with Crippen LogP contribution in [0.25, 0.3) is 0 Å². The van der Waals surface area contributed by atoms with E-state index in [1.54, 1.807) is 6.20 Å². The molecule has 1 unspecified atom stereocenters. The van der Waals surface area contributed by atoms with Crippen molar-refractivity contribution in [3.05, 3.63) is 18.5 Å². The fraction of sp³-hybridized carbons (Fsp3) is 0.737. The SMILES string of the molecule is O=C(C1CCCN(C(=O)C2(n3cccn3)CCNCC2)C1)N1CCCC1. The van der Waals surface area contributed by atoms with Crippen molar-refractivity contribution in [3.63, 3.8) is 0 Å². The van der Waals surface area contributed by atoms with Crippen LogP contribution in [0.1, 0.15) is 38.5 Å². The van der Waals surface area contributed by atoms with Crippen molar-refractivity contribution < 1.29 is 9.59 Å². The zero-order valence-electron chi connectivity index (χ0n) is 15.4. The summed E-state index contributed by atoms with van der Waals surface area (Å²) in [6.07, 6.45) is 9.16. The molecule has 2 amide bonds. The van der Waals surface area contributed by atoms with Crippen molar-refractivity contribution in [3.8, 4) is 0 Å². The predicted octanol–water partition coefficient (Wildman–Crippen LogP) is 0.823. The Hall–Kier alpha value is -1.89. The molecule has 1 atom stereocenters. The number of rotatable bonds is 3. The van der Waals surface area contributed by atoms with E-state index < -0.39 is 5.54 Å². The molecule has 3 aliphatic heterocycles. The van der Waals surface area contributed by atoms with Crippen molar-refractivity contribution in [2.75, 3.05) is 39.3 Å². The summed E-state index contributed by atoms with van der Waals surface area (Å²) in [6, 6.07) is 1.88. The molecule has 0 bridgehead atoms. The molecule has 0 aromatic carbocycles. The Morgan fingerprint density at radius 3 is 2.46 bits per heavy atom. The van der Waals surface area contributed by atoms with Crippen LogP contribution in [0.4, 0.5) is 0 Å². The van der Waals surface area contributed by atoms with Crippen molar-refractivity contribution >= 4 is 11.8 Å². The van der Waals surface area contributed by atoms with Crippen molar-refractivity contribution in [2.45, 2.75) is 44.1 Å². The minimum absolute atomic E-state index is 0.0396. The maximum atomic E-state index is 13.6. The van der Waals surface area contributed by atoms with Gasteiger partial charge in [-0.1, -0.05) is 0 Å². The molecule has 7 nitrogen and oxygen atoms in total. The maximum Gasteiger partial charge on any atom is 0.250 e. The van der Waals surface area contributed by atoms with E-state index in [4.69, 9.17) is 0 Å². The normalized spacial score (nSPS) is 26.1. The highest BCUT2D eigenvalue weighted by molar-refractivity contribution is 5.86. The Morgan fingerprint density at radius 1 is 1.04 bits per heavy atom. The molecule has 1 aromatic rings. The third-order valence-corrected chi connectivity index (χ3v) is 6.25. The number of carbonyl (C=O) groups is 2. The molecule has 3 aliphatic rings. The molecular formula is C19H29N5O2. The first-order chi connectivity index (χ1) is 12.7. The van der Waals surface area contributed by atoms with Gasteiger partial charge in [0, 0.05) is 38.6 Å². The zero-order chi connectivity index (χ0) is 18.0. The van der Waals surface area contributed by atoms with E-state index in [1.807, 2.05) is 26.7 Å². The van der Waals surface area contributed by atoms with Crippen LogP contribution in [-0.2, 0) is 15.1 Å². The highest BCUT2D eigenvalue weighted by Crippen LogP contribution is 2.32. The van der Waals surface area contributed by atoms with Gasteiger partial charge in [0.1, 0.15) is 5.54 Å². The van der Waals surface area contributed by atoms with Gasteiger partial charge in [0.25, 0.3) is 5.91 Å². The minimum atomic E-state index is -0.604. The fourth-order valence-electron chi connectivity index (χ4n) is 4.76. The number of carbonyl (C=O) groups excluding carboxylic acids is 2. The largest absolute Gasteiger partial charge is 0.342 e. The van der Waals surface area contributed by atoms with Crippen LogP contribution in [-0.4, -0.2) is 70.7 Å². The van der Waals surface area contributed by atoms with E-state index in [9.17, 15) is 9.59 Å². The zero-order valence-corrected chi connectivity index (χ0v) is 15.4. The molecule has 7 heteroatoms.